The van der Waals surface area contributed by atoms with E-state index in [4.69, 9.17) is 11.6 Å². The van der Waals surface area contributed by atoms with Crippen LogP contribution in [0.4, 0.5) is 4.79 Å². The van der Waals surface area contributed by atoms with Gasteiger partial charge in [0, 0.05) is 18.6 Å². The van der Waals surface area contributed by atoms with Gasteiger partial charge in [0.15, 0.2) is 5.82 Å². The summed E-state index contributed by atoms with van der Waals surface area (Å²) < 4.78 is 1.78. The van der Waals surface area contributed by atoms with Crippen LogP contribution in [0.2, 0.25) is 5.02 Å². The Morgan fingerprint density at radius 1 is 1.41 bits per heavy atom. The molecule has 118 valence electrons. The lowest BCUT2D eigenvalue weighted by atomic mass is 10.1. The van der Waals surface area contributed by atoms with Gasteiger partial charge in [0.25, 0.3) is 0 Å². The predicted octanol–water partition coefficient (Wildman–Crippen LogP) is 2.46. The van der Waals surface area contributed by atoms with E-state index in [1.807, 2.05) is 38.2 Å². The Morgan fingerprint density at radius 2 is 2.18 bits per heavy atom. The largest absolute Gasteiger partial charge is 0.338 e. The summed E-state index contributed by atoms with van der Waals surface area (Å²) in [5.41, 5.74) is 1.10. The summed E-state index contributed by atoms with van der Waals surface area (Å²) >= 11 is 6.09. The van der Waals surface area contributed by atoms with E-state index in [-0.39, 0.29) is 12.1 Å². The van der Waals surface area contributed by atoms with Gasteiger partial charge >= 0.3 is 6.03 Å². The summed E-state index contributed by atoms with van der Waals surface area (Å²) in [5.74, 6) is 0.714. The minimum absolute atomic E-state index is 0.198. The first-order valence-corrected chi connectivity index (χ1v) is 7.57. The van der Waals surface area contributed by atoms with Crippen molar-refractivity contribution in [3.63, 3.8) is 0 Å². The van der Waals surface area contributed by atoms with Crippen molar-refractivity contribution in [2.24, 2.45) is 7.05 Å². The molecule has 0 saturated carbocycles. The number of nitrogens with zero attached hydrogens (tertiary/aromatic N) is 3. The summed E-state index contributed by atoms with van der Waals surface area (Å²) in [6, 6.07) is 7.33. The summed E-state index contributed by atoms with van der Waals surface area (Å²) in [6.45, 7) is 2.45. The van der Waals surface area contributed by atoms with Crippen molar-refractivity contribution in [2.45, 2.75) is 25.8 Å². The Labute approximate surface area is 134 Å². The molecule has 0 aliphatic carbocycles. The molecule has 2 rings (SSSR count). The van der Waals surface area contributed by atoms with Crippen LogP contribution in [0.15, 0.2) is 30.6 Å². The van der Waals surface area contributed by atoms with Crippen LogP contribution >= 0.6 is 11.6 Å². The van der Waals surface area contributed by atoms with E-state index >= 15 is 0 Å². The van der Waals surface area contributed by atoms with Gasteiger partial charge in [0.05, 0.1) is 6.04 Å². The first-order chi connectivity index (χ1) is 10.6. The van der Waals surface area contributed by atoms with Crippen molar-refractivity contribution < 1.29 is 4.79 Å². The van der Waals surface area contributed by atoms with Crippen LogP contribution in [0.25, 0.3) is 0 Å². The Kier molecular flexibility index (Phi) is 5.77. The maximum atomic E-state index is 11.8. The molecule has 1 aromatic heterocycles. The summed E-state index contributed by atoms with van der Waals surface area (Å²) in [7, 11) is 1.84. The van der Waals surface area contributed by atoms with E-state index in [0.717, 1.165) is 23.4 Å². The number of aryl methyl sites for hydroxylation is 2. The molecular formula is C15H20ClN5O. The van der Waals surface area contributed by atoms with Crippen LogP contribution in [-0.2, 0) is 13.5 Å². The van der Waals surface area contributed by atoms with E-state index < -0.39 is 0 Å². The molecule has 0 radical (unpaired) electrons. The molecule has 0 bridgehead atoms. The van der Waals surface area contributed by atoms with E-state index in [2.05, 4.69) is 20.8 Å². The van der Waals surface area contributed by atoms with Crippen LogP contribution in [0.1, 0.15) is 30.8 Å². The molecule has 2 amide bonds. The maximum Gasteiger partial charge on any atom is 0.315 e. The Balaban J connectivity index is 1.70. The molecular weight excluding hydrogens is 302 g/mol. The van der Waals surface area contributed by atoms with Gasteiger partial charge in [-0.3, -0.25) is 0 Å². The second-order valence-electron chi connectivity index (χ2n) is 5.12. The van der Waals surface area contributed by atoms with Crippen LogP contribution in [-0.4, -0.2) is 27.3 Å². The Bertz CT molecular complexity index is 628. The second kappa shape index (κ2) is 7.79. The van der Waals surface area contributed by atoms with Crippen molar-refractivity contribution in [3.8, 4) is 0 Å². The lowest BCUT2D eigenvalue weighted by Crippen LogP contribution is -2.38. The number of urea groups is 1. The van der Waals surface area contributed by atoms with Crippen molar-refractivity contribution in [2.75, 3.05) is 6.54 Å². The molecule has 0 aliphatic heterocycles. The topological polar surface area (TPSA) is 71.8 Å². The van der Waals surface area contributed by atoms with E-state index in [9.17, 15) is 4.79 Å². The van der Waals surface area contributed by atoms with Crippen LogP contribution in [0.5, 0.6) is 0 Å². The van der Waals surface area contributed by atoms with Crippen molar-refractivity contribution >= 4 is 17.6 Å². The van der Waals surface area contributed by atoms with Gasteiger partial charge < -0.3 is 15.2 Å². The van der Waals surface area contributed by atoms with Gasteiger partial charge in [-0.15, -0.1) is 10.2 Å². The van der Waals surface area contributed by atoms with Gasteiger partial charge in [-0.2, -0.15) is 0 Å². The molecule has 0 fully saturated rings. The Morgan fingerprint density at radius 3 is 2.86 bits per heavy atom. The average molecular weight is 322 g/mol. The molecule has 0 spiro atoms. The van der Waals surface area contributed by atoms with Gasteiger partial charge in [-0.25, -0.2) is 4.79 Å². The number of benzene rings is 1. The number of nitrogens with one attached hydrogen (secondary N) is 2. The highest BCUT2D eigenvalue weighted by Crippen LogP contribution is 2.16. The molecule has 22 heavy (non-hydrogen) atoms. The molecule has 2 aromatic rings. The third-order valence-corrected chi connectivity index (χ3v) is 3.72. The number of hydrogen-bond acceptors (Lipinski definition) is 3. The fraction of sp³-hybridized carbons (Fsp3) is 0.400. The van der Waals surface area contributed by atoms with Crippen molar-refractivity contribution in [3.05, 3.63) is 47.0 Å². The summed E-state index contributed by atoms with van der Waals surface area (Å²) in [6.07, 6.45) is 3.27. The highest BCUT2D eigenvalue weighted by molar-refractivity contribution is 6.31. The number of amides is 2. The minimum atomic E-state index is -0.213. The number of aromatic nitrogens is 3. The molecule has 1 aromatic carbocycles. The third-order valence-electron chi connectivity index (χ3n) is 3.35. The van der Waals surface area contributed by atoms with Gasteiger partial charge in [-0.05, 0) is 31.4 Å². The lowest BCUT2D eigenvalue weighted by molar-refractivity contribution is 0.237. The number of rotatable bonds is 6. The fourth-order valence-electron chi connectivity index (χ4n) is 2.18. The van der Waals surface area contributed by atoms with Gasteiger partial charge in [0.2, 0.25) is 0 Å². The first-order valence-electron chi connectivity index (χ1n) is 7.19. The molecule has 7 heteroatoms. The molecule has 1 atom stereocenters. The van der Waals surface area contributed by atoms with E-state index in [1.54, 1.807) is 10.9 Å². The molecule has 1 unspecified atom stereocenters. The predicted molar refractivity (Wildman–Crippen MR) is 85.7 cm³/mol. The molecule has 6 nitrogen and oxygen atoms in total. The zero-order valence-electron chi connectivity index (χ0n) is 12.7. The van der Waals surface area contributed by atoms with E-state index in [1.165, 1.54) is 0 Å². The monoisotopic (exact) mass is 321 g/mol. The van der Waals surface area contributed by atoms with Gasteiger partial charge in [-0.1, -0.05) is 29.8 Å². The molecule has 1 heterocycles. The SMILES string of the molecule is CC(NC(=O)NCCCc1ccccc1Cl)c1nncn1C. The Hall–Kier alpha value is -2.08. The summed E-state index contributed by atoms with van der Waals surface area (Å²) in [5, 5.41) is 14.2. The highest BCUT2D eigenvalue weighted by atomic mass is 35.5. The van der Waals surface area contributed by atoms with E-state index in [0.29, 0.717) is 12.4 Å². The third kappa shape index (κ3) is 4.46. The number of carbonyl (C=O) groups is 1. The van der Waals surface area contributed by atoms with Crippen molar-refractivity contribution in [1.82, 2.24) is 25.4 Å². The first kappa shape index (κ1) is 16.3. The van der Waals surface area contributed by atoms with Crippen LogP contribution in [0, 0.1) is 0 Å². The van der Waals surface area contributed by atoms with Crippen LogP contribution < -0.4 is 10.6 Å². The average Bonchev–Trinajstić information content (AvgIpc) is 2.91. The normalized spacial score (nSPS) is 12.0. The second-order valence-corrected chi connectivity index (χ2v) is 5.52. The highest BCUT2D eigenvalue weighted by Gasteiger charge is 2.13. The standard InChI is InChI=1S/C15H20ClN5O/c1-11(14-20-18-10-21(14)2)19-15(22)17-9-5-7-12-6-3-4-8-13(12)16/h3-4,6,8,10-11H,5,7,9H2,1-2H3,(H2,17,19,22). The van der Waals surface area contributed by atoms with Gasteiger partial charge in [0.1, 0.15) is 6.33 Å². The number of carbonyl (C=O) groups excluding carboxylic acids is 1. The summed E-state index contributed by atoms with van der Waals surface area (Å²) in [4.78, 5) is 11.8. The zero-order valence-corrected chi connectivity index (χ0v) is 13.5. The maximum absolute atomic E-state index is 11.8. The van der Waals surface area contributed by atoms with Crippen molar-refractivity contribution in [1.29, 1.82) is 0 Å². The lowest BCUT2D eigenvalue weighted by Gasteiger charge is -2.13. The fourth-order valence-corrected chi connectivity index (χ4v) is 2.41. The number of hydrogen-bond donors (Lipinski definition) is 2. The smallest absolute Gasteiger partial charge is 0.315 e. The molecule has 0 aliphatic rings. The van der Waals surface area contributed by atoms with Crippen LogP contribution in [0.3, 0.4) is 0 Å². The number of halogens is 1. The minimum Gasteiger partial charge on any atom is -0.338 e. The molecule has 0 saturated heterocycles. The zero-order chi connectivity index (χ0) is 15.9. The quantitative estimate of drug-likeness (QED) is 0.803. The molecule has 2 N–H and O–H groups in total.